The van der Waals surface area contributed by atoms with E-state index in [1.165, 1.54) is 23.5 Å². The number of fused-ring (bicyclic) bond motifs is 1. The summed E-state index contributed by atoms with van der Waals surface area (Å²) in [5.41, 5.74) is 0.951. The summed E-state index contributed by atoms with van der Waals surface area (Å²) in [5.74, 6) is -0.860. The van der Waals surface area contributed by atoms with Crippen molar-refractivity contribution in [3.8, 4) is 11.3 Å². The number of carbonyl (C=O) groups excluding carboxylic acids is 1. The summed E-state index contributed by atoms with van der Waals surface area (Å²) in [6.45, 7) is 2.12. The zero-order valence-electron chi connectivity index (χ0n) is 14.6. The molecule has 0 radical (unpaired) electrons. The highest BCUT2D eigenvalue weighted by molar-refractivity contribution is 7.17. The molecule has 142 valence electrons. The molecule has 0 atom stereocenters. The predicted octanol–water partition coefficient (Wildman–Crippen LogP) is 1.82. The molecule has 0 aliphatic heterocycles. The quantitative estimate of drug-likeness (QED) is 0.486. The number of imidazole rings is 1. The van der Waals surface area contributed by atoms with Crippen molar-refractivity contribution in [3.63, 3.8) is 0 Å². The van der Waals surface area contributed by atoms with Gasteiger partial charge >= 0.3 is 5.69 Å². The van der Waals surface area contributed by atoms with E-state index in [1.807, 2.05) is 22.5 Å². The van der Waals surface area contributed by atoms with Gasteiger partial charge in [-0.25, -0.2) is 14.2 Å². The number of aromatic amines is 2. The first-order chi connectivity index (χ1) is 13.4. The van der Waals surface area contributed by atoms with Crippen LogP contribution in [0.5, 0.6) is 0 Å². The molecule has 0 fully saturated rings. The van der Waals surface area contributed by atoms with Gasteiger partial charge in [-0.3, -0.25) is 19.0 Å². The Kier molecular flexibility index (Phi) is 4.40. The second kappa shape index (κ2) is 6.89. The van der Waals surface area contributed by atoms with Crippen LogP contribution in [0.4, 0.5) is 4.39 Å². The fourth-order valence-corrected chi connectivity index (χ4v) is 3.81. The van der Waals surface area contributed by atoms with Crippen molar-refractivity contribution in [2.24, 2.45) is 0 Å². The molecule has 3 heterocycles. The van der Waals surface area contributed by atoms with E-state index in [1.54, 1.807) is 12.1 Å². The molecule has 8 nitrogen and oxygen atoms in total. The molecule has 0 saturated carbocycles. The van der Waals surface area contributed by atoms with Crippen LogP contribution < -0.4 is 16.6 Å². The second-order valence-electron chi connectivity index (χ2n) is 6.08. The number of hydrogen-bond donors (Lipinski definition) is 3. The molecule has 3 N–H and O–H groups in total. The number of carbonyl (C=O) groups is 1. The highest BCUT2D eigenvalue weighted by atomic mass is 32.1. The second-order valence-corrected chi connectivity index (χ2v) is 7.14. The first kappa shape index (κ1) is 17.9. The van der Waals surface area contributed by atoms with Gasteiger partial charge in [-0.05, 0) is 31.2 Å². The zero-order chi connectivity index (χ0) is 19.8. The largest absolute Gasteiger partial charge is 0.346 e. The fourth-order valence-electron chi connectivity index (χ4n) is 2.76. The van der Waals surface area contributed by atoms with Gasteiger partial charge in [0.05, 0.1) is 12.2 Å². The maximum absolute atomic E-state index is 13.1. The lowest BCUT2D eigenvalue weighted by atomic mass is 10.2. The van der Waals surface area contributed by atoms with Crippen molar-refractivity contribution in [3.05, 3.63) is 79.4 Å². The molecule has 1 aromatic carbocycles. The molecular weight excluding hydrogens is 385 g/mol. The Morgan fingerprint density at radius 2 is 2.00 bits per heavy atom. The summed E-state index contributed by atoms with van der Waals surface area (Å²) in [4.78, 5) is 45.2. The topological polar surface area (TPSA) is 112 Å². The monoisotopic (exact) mass is 399 g/mol. The first-order valence-electron chi connectivity index (χ1n) is 8.26. The van der Waals surface area contributed by atoms with Crippen LogP contribution in [-0.2, 0) is 6.54 Å². The van der Waals surface area contributed by atoms with Crippen LogP contribution in [0, 0.1) is 12.7 Å². The van der Waals surface area contributed by atoms with Gasteiger partial charge < -0.3 is 10.3 Å². The maximum atomic E-state index is 13.1. The van der Waals surface area contributed by atoms with Crippen molar-refractivity contribution in [2.75, 3.05) is 0 Å². The van der Waals surface area contributed by atoms with E-state index in [9.17, 15) is 18.8 Å². The minimum absolute atomic E-state index is 0.105. The first-order valence-corrected chi connectivity index (χ1v) is 9.07. The van der Waals surface area contributed by atoms with Gasteiger partial charge in [0.1, 0.15) is 11.5 Å². The average molecular weight is 399 g/mol. The number of rotatable bonds is 4. The Morgan fingerprint density at radius 3 is 2.68 bits per heavy atom. The number of nitrogens with zero attached hydrogens (tertiary/aromatic N) is 2. The molecule has 4 aromatic rings. The van der Waals surface area contributed by atoms with Crippen LogP contribution in [0.2, 0.25) is 0 Å². The number of hydrogen-bond acceptors (Lipinski definition) is 5. The number of halogens is 1. The molecule has 28 heavy (non-hydrogen) atoms. The van der Waals surface area contributed by atoms with Crippen LogP contribution in [0.1, 0.15) is 21.1 Å². The van der Waals surface area contributed by atoms with E-state index >= 15 is 0 Å². The van der Waals surface area contributed by atoms with E-state index in [4.69, 9.17) is 0 Å². The van der Waals surface area contributed by atoms with Crippen molar-refractivity contribution in [1.29, 1.82) is 0 Å². The summed E-state index contributed by atoms with van der Waals surface area (Å²) >= 11 is 1.41. The molecule has 0 bridgehead atoms. The Labute approximate surface area is 160 Å². The molecular formula is C18H14FN5O3S. The number of benzene rings is 1. The van der Waals surface area contributed by atoms with E-state index in [-0.39, 0.29) is 18.1 Å². The fraction of sp³-hybridized carbons (Fsp3) is 0.111. The van der Waals surface area contributed by atoms with Gasteiger partial charge in [0.2, 0.25) is 0 Å². The zero-order valence-corrected chi connectivity index (χ0v) is 15.4. The van der Waals surface area contributed by atoms with E-state index in [0.717, 1.165) is 32.9 Å². The van der Waals surface area contributed by atoms with E-state index in [2.05, 4.69) is 15.3 Å². The number of amides is 1. The van der Waals surface area contributed by atoms with Gasteiger partial charge in [-0.15, -0.1) is 0 Å². The van der Waals surface area contributed by atoms with E-state index < -0.39 is 17.2 Å². The Hall–Kier alpha value is -3.53. The summed E-state index contributed by atoms with van der Waals surface area (Å²) < 4.78 is 15.0. The highest BCUT2D eigenvalue weighted by Crippen LogP contribution is 2.27. The lowest BCUT2D eigenvalue weighted by Gasteiger charge is -2.04. The summed E-state index contributed by atoms with van der Waals surface area (Å²) in [6.07, 6.45) is 1.86. The lowest BCUT2D eigenvalue weighted by molar-refractivity contribution is 0.0945. The molecule has 1 amide bonds. The SMILES string of the molecule is Cc1c(CNC(=O)c2cc(=O)[nH]c(=O)[nH]2)sc2nc(-c3ccc(F)cc3)cn12. The molecule has 4 rings (SSSR count). The summed E-state index contributed by atoms with van der Waals surface area (Å²) in [5, 5.41) is 2.68. The molecule has 0 aliphatic carbocycles. The molecule has 3 aromatic heterocycles. The Balaban J connectivity index is 1.55. The minimum Gasteiger partial charge on any atom is -0.346 e. The summed E-state index contributed by atoms with van der Waals surface area (Å²) in [6, 6.07) is 7.13. The van der Waals surface area contributed by atoms with Crippen molar-refractivity contribution >= 4 is 22.2 Å². The van der Waals surface area contributed by atoms with Crippen molar-refractivity contribution < 1.29 is 9.18 Å². The third-order valence-corrected chi connectivity index (χ3v) is 5.36. The average Bonchev–Trinajstić information content (AvgIpc) is 3.19. The third-order valence-electron chi connectivity index (χ3n) is 4.21. The Morgan fingerprint density at radius 1 is 1.25 bits per heavy atom. The van der Waals surface area contributed by atoms with Gasteiger partial charge in [-0.1, -0.05) is 11.3 Å². The van der Waals surface area contributed by atoms with Crippen molar-refractivity contribution in [1.82, 2.24) is 24.7 Å². The predicted molar refractivity (Wildman–Crippen MR) is 102 cm³/mol. The van der Waals surface area contributed by atoms with Gasteiger partial charge in [0.15, 0.2) is 4.96 Å². The summed E-state index contributed by atoms with van der Waals surface area (Å²) in [7, 11) is 0. The minimum atomic E-state index is -0.739. The number of aromatic nitrogens is 4. The van der Waals surface area contributed by atoms with Gasteiger partial charge in [0.25, 0.3) is 11.5 Å². The smallest absolute Gasteiger partial charge is 0.326 e. The van der Waals surface area contributed by atoms with Gasteiger partial charge in [0, 0.05) is 28.4 Å². The molecule has 0 aliphatic rings. The molecule has 0 unspecified atom stereocenters. The van der Waals surface area contributed by atoms with Crippen LogP contribution in [0.25, 0.3) is 16.2 Å². The normalized spacial score (nSPS) is 11.1. The highest BCUT2D eigenvalue weighted by Gasteiger charge is 2.14. The van der Waals surface area contributed by atoms with Crippen LogP contribution >= 0.6 is 11.3 Å². The number of thiazole rings is 1. The van der Waals surface area contributed by atoms with E-state index in [0.29, 0.717) is 0 Å². The van der Waals surface area contributed by atoms with Gasteiger partial charge in [-0.2, -0.15) is 0 Å². The number of aryl methyl sites for hydroxylation is 1. The Bertz CT molecular complexity index is 1270. The number of H-pyrrole nitrogens is 2. The maximum Gasteiger partial charge on any atom is 0.326 e. The lowest BCUT2D eigenvalue weighted by Crippen LogP contribution is -2.30. The van der Waals surface area contributed by atoms with Crippen LogP contribution in [0.15, 0.2) is 46.1 Å². The van der Waals surface area contributed by atoms with Crippen LogP contribution in [0.3, 0.4) is 0 Å². The molecule has 10 heteroatoms. The third kappa shape index (κ3) is 3.37. The molecule has 0 spiro atoms. The molecule has 0 saturated heterocycles. The standard InChI is InChI=1S/C18H14FN5O3S/c1-9-14(7-20-16(26)12-6-15(25)23-17(27)21-12)28-18-22-13(8-24(9)18)10-2-4-11(19)5-3-10/h2-6,8H,7H2,1H3,(H,20,26)(H2,21,23,25,27). The van der Waals surface area contributed by atoms with Crippen LogP contribution in [-0.4, -0.2) is 25.3 Å². The van der Waals surface area contributed by atoms with Crippen molar-refractivity contribution in [2.45, 2.75) is 13.5 Å². The number of nitrogens with one attached hydrogen (secondary N) is 3.